The lowest BCUT2D eigenvalue weighted by Gasteiger charge is -2.20. The van der Waals surface area contributed by atoms with Gasteiger partial charge in [-0.25, -0.2) is 0 Å². The molecule has 2 nitrogen and oxygen atoms in total. The molecular weight excluding hydrogens is 224 g/mol. The average Bonchev–Trinajstić information content (AvgIpc) is 2.42. The topological polar surface area (TPSA) is 29.5 Å². The van der Waals surface area contributed by atoms with E-state index in [4.69, 9.17) is 4.74 Å². The quantitative estimate of drug-likeness (QED) is 0.559. The second kappa shape index (κ2) is 8.90. The minimum Gasteiger partial charge on any atom is -0.385 e. The molecule has 0 spiro atoms. The summed E-state index contributed by atoms with van der Waals surface area (Å²) in [6.07, 6.45) is 6.65. The van der Waals surface area contributed by atoms with Crippen molar-refractivity contribution in [2.24, 2.45) is 0 Å². The molecule has 0 fully saturated rings. The molecule has 0 heterocycles. The summed E-state index contributed by atoms with van der Waals surface area (Å²) in [6, 6.07) is 9.67. The van der Waals surface area contributed by atoms with E-state index < -0.39 is 6.10 Å². The van der Waals surface area contributed by atoms with Gasteiger partial charge in [0.2, 0.25) is 0 Å². The molecule has 0 radical (unpaired) electrons. The third-order valence-electron chi connectivity index (χ3n) is 2.86. The standard InChI is InChI=1S/C16H24O2/c1-3-5-6-10-13-15(18-4-2)16(17)14-11-8-7-9-12-14/h7-13,15-17H,3-6H2,1-2H3/b13-10+/t15-,16+/m0/s1. The Morgan fingerprint density at radius 3 is 2.56 bits per heavy atom. The first-order valence-electron chi connectivity index (χ1n) is 6.80. The second-order valence-electron chi connectivity index (χ2n) is 4.35. The van der Waals surface area contributed by atoms with Gasteiger partial charge < -0.3 is 9.84 Å². The SMILES string of the molecule is CCCC/C=C/[C@H](OCC)[C@H](O)c1ccccc1. The lowest BCUT2D eigenvalue weighted by Crippen LogP contribution is -2.20. The highest BCUT2D eigenvalue weighted by molar-refractivity contribution is 5.20. The number of ether oxygens (including phenoxy) is 1. The maximum absolute atomic E-state index is 10.3. The van der Waals surface area contributed by atoms with Gasteiger partial charge in [-0.05, 0) is 18.9 Å². The number of hydrogen-bond donors (Lipinski definition) is 1. The van der Waals surface area contributed by atoms with Crippen molar-refractivity contribution >= 4 is 0 Å². The van der Waals surface area contributed by atoms with Crippen LogP contribution in [-0.2, 0) is 4.74 Å². The summed E-state index contributed by atoms with van der Waals surface area (Å²) in [5, 5.41) is 10.3. The highest BCUT2D eigenvalue weighted by Gasteiger charge is 2.17. The maximum atomic E-state index is 10.3. The molecule has 0 saturated carbocycles. The summed E-state index contributed by atoms with van der Waals surface area (Å²) >= 11 is 0. The van der Waals surface area contributed by atoms with Gasteiger partial charge in [-0.3, -0.25) is 0 Å². The summed E-state index contributed by atoms with van der Waals surface area (Å²) in [4.78, 5) is 0. The summed E-state index contributed by atoms with van der Waals surface area (Å²) < 4.78 is 5.60. The van der Waals surface area contributed by atoms with E-state index in [1.54, 1.807) is 0 Å². The van der Waals surface area contributed by atoms with Gasteiger partial charge in [0, 0.05) is 6.61 Å². The van der Waals surface area contributed by atoms with Crippen molar-refractivity contribution in [2.45, 2.75) is 45.3 Å². The molecule has 0 unspecified atom stereocenters. The Labute approximate surface area is 110 Å². The van der Waals surface area contributed by atoms with Crippen LogP contribution in [0, 0.1) is 0 Å². The van der Waals surface area contributed by atoms with Crippen LogP contribution in [0.25, 0.3) is 0 Å². The second-order valence-corrected chi connectivity index (χ2v) is 4.35. The molecule has 0 aliphatic carbocycles. The van der Waals surface area contributed by atoms with Gasteiger partial charge in [-0.1, -0.05) is 62.2 Å². The van der Waals surface area contributed by atoms with E-state index in [-0.39, 0.29) is 6.10 Å². The predicted octanol–water partition coefficient (Wildman–Crippen LogP) is 3.87. The fourth-order valence-corrected chi connectivity index (χ4v) is 1.84. The summed E-state index contributed by atoms with van der Waals surface area (Å²) in [5.74, 6) is 0. The summed E-state index contributed by atoms with van der Waals surface area (Å²) in [5.41, 5.74) is 0.899. The normalized spacial score (nSPS) is 14.8. The van der Waals surface area contributed by atoms with Gasteiger partial charge in [0.1, 0.15) is 12.2 Å². The highest BCUT2D eigenvalue weighted by atomic mass is 16.5. The number of rotatable bonds is 8. The molecule has 100 valence electrons. The lowest BCUT2D eigenvalue weighted by molar-refractivity contribution is -0.00589. The van der Waals surface area contributed by atoms with Gasteiger partial charge in [0.25, 0.3) is 0 Å². The molecule has 0 aromatic heterocycles. The minimum atomic E-state index is -0.593. The van der Waals surface area contributed by atoms with E-state index in [0.29, 0.717) is 6.61 Å². The van der Waals surface area contributed by atoms with Crippen LogP contribution in [-0.4, -0.2) is 17.8 Å². The number of aliphatic hydroxyl groups excluding tert-OH is 1. The van der Waals surface area contributed by atoms with Crippen LogP contribution in [0.3, 0.4) is 0 Å². The monoisotopic (exact) mass is 248 g/mol. The molecule has 18 heavy (non-hydrogen) atoms. The third kappa shape index (κ3) is 5.03. The molecule has 2 heteroatoms. The van der Waals surface area contributed by atoms with E-state index in [1.807, 2.05) is 43.3 Å². The molecule has 1 N–H and O–H groups in total. The van der Waals surface area contributed by atoms with Crippen LogP contribution in [0.1, 0.15) is 44.8 Å². The zero-order chi connectivity index (χ0) is 13.2. The van der Waals surface area contributed by atoms with Crippen molar-refractivity contribution in [1.82, 2.24) is 0 Å². The van der Waals surface area contributed by atoms with Crippen LogP contribution in [0.15, 0.2) is 42.5 Å². The largest absolute Gasteiger partial charge is 0.385 e. The number of allylic oxidation sites excluding steroid dienone is 1. The first-order chi connectivity index (χ1) is 8.79. The predicted molar refractivity (Wildman–Crippen MR) is 75.5 cm³/mol. The van der Waals surface area contributed by atoms with Crippen LogP contribution in [0.2, 0.25) is 0 Å². The molecule has 0 aliphatic heterocycles. The van der Waals surface area contributed by atoms with Gasteiger partial charge in [0.15, 0.2) is 0 Å². The Hall–Kier alpha value is -1.12. The smallest absolute Gasteiger partial charge is 0.109 e. The maximum Gasteiger partial charge on any atom is 0.109 e. The molecule has 0 aliphatic rings. The summed E-state index contributed by atoms with van der Waals surface area (Å²) in [6.45, 7) is 4.73. The number of hydrogen-bond acceptors (Lipinski definition) is 2. The Morgan fingerprint density at radius 2 is 1.94 bits per heavy atom. The average molecular weight is 248 g/mol. The molecule has 2 atom stereocenters. The third-order valence-corrected chi connectivity index (χ3v) is 2.86. The van der Waals surface area contributed by atoms with Crippen molar-refractivity contribution < 1.29 is 9.84 Å². The van der Waals surface area contributed by atoms with Gasteiger partial charge in [0.05, 0.1) is 0 Å². The zero-order valence-corrected chi connectivity index (χ0v) is 11.4. The van der Waals surface area contributed by atoms with Crippen LogP contribution in [0.5, 0.6) is 0 Å². The highest BCUT2D eigenvalue weighted by Crippen LogP contribution is 2.20. The van der Waals surface area contributed by atoms with Crippen molar-refractivity contribution in [3.8, 4) is 0 Å². The van der Waals surface area contributed by atoms with Crippen molar-refractivity contribution in [3.05, 3.63) is 48.0 Å². The molecule has 0 amide bonds. The van der Waals surface area contributed by atoms with Crippen LogP contribution >= 0.6 is 0 Å². The van der Waals surface area contributed by atoms with Crippen LogP contribution < -0.4 is 0 Å². The number of unbranched alkanes of at least 4 members (excludes halogenated alkanes) is 2. The number of benzene rings is 1. The fourth-order valence-electron chi connectivity index (χ4n) is 1.84. The zero-order valence-electron chi connectivity index (χ0n) is 11.4. The Morgan fingerprint density at radius 1 is 1.22 bits per heavy atom. The molecular formula is C16H24O2. The Kier molecular flexibility index (Phi) is 7.38. The molecule has 1 aromatic rings. The lowest BCUT2D eigenvalue weighted by atomic mass is 10.0. The first-order valence-corrected chi connectivity index (χ1v) is 6.80. The molecule has 0 bridgehead atoms. The van der Waals surface area contributed by atoms with Gasteiger partial charge in [-0.15, -0.1) is 0 Å². The van der Waals surface area contributed by atoms with Gasteiger partial charge >= 0.3 is 0 Å². The van der Waals surface area contributed by atoms with E-state index in [0.717, 1.165) is 12.0 Å². The fraction of sp³-hybridized carbons (Fsp3) is 0.500. The molecule has 1 aromatic carbocycles. The van der Waals surface area contributed by atoms with Gasteiger partial charge in [-0.2, -0.15) is 0 Å². The van der Waals surface area contributed by atoms with Crippen LogP contribution in [0.4, 0.5) is 0 Å². The Balaban J connectivity index is 2.63. The van der Waals surface area contributed by atoms with Crippen molar-refractivity contribution in [3.63, 3.8) is 0 Å². The molecule has 0 saturated heterocycles. The Bertz CT molecular complexity index is 332. The number of aliphatic hydroxyl groups is 1. The van der Waals surface area contributed by atoms with E-state index in [9.17, 15) is 5.11 Å². The van der Waals surface area contributed by atoms with E-state index >= 15 is 0 Å². The summed E-state index contributed by atoms with van der Waals surface area (Å²) in [7, 11) is 0. The minimum absolute atomic E-state index is 0.255. The van der Waals surface area contributed by atoms with Crippen molar-refractivity contribution in [1.29, 1.82) is 0 Å². The van der Waals surface area contributed by atoms with Crippen molar-refractivity contribution in [2.75, 3.05) is 6.61 Å². The van der Waals surface area contributed by atoms with E-state index in [1.165, 1.54) is 12.8 Å². The van der Waals surface area contributed by atoms with E-state index in [2.05, 4.69) is 13.0 Å². The first kappa shape index (κ1) is 14.9. The molecule has 1 rings (SSSR count).